The number of likely N-dealkylation sites (N-methyl/N-ethyl adjacent to an activating group) is 1. The van der Waals surface area contributed by atoms with Crippen molar-refractivity contribution in [2.45, 2.75) is 29.9 Å². The van der Waals surface area contributed by atoms with Crippen LogP contribution >= 0.6 is 0 Å². The molecule has 2 aliphatic rings. The molecule has 0 radical (unpaired) electrons. The summed E-state index contributed by atoms with van der Waals surface area (Å²) in [7, 11) is -1.37. The number of ether oxygens (including phenoxy) is 1. The summed E-state index contributed by atoms with van der Waals surface area (Å²) in [5, 5.41) is 0. The molecule has 1 spiro atoms. The second-order valence-corrected chi connectivity index (χ2v) is 9.74. The van der Waals surface area contributed by atoms with Crippen LogP contribution in [0, 0.1) is 5.92 Å². The summed E-state index contributed by atoms with van der Waals surface area (Å²) < 4.78 is 33.1. The second-order valence-electron chi connectivity index (χ2n) is 7.80. The monoisotopic (exact) mass is 402 g/mol. The summed E-state index contributed by atoms with van der Waals surface area (Å²) in [6.07, 6.45) is 6.79. The van der Waals surface area contributed by atoms with Gasteiger partial charge in [0.2, 0.25) is 10.0 Å². The lowest BCUT2D eigenvalue weighted by molar-refractivity contribution is -0.0602. The Morgan fingerprint density at radius 1 is 1.21 bits per heavy atom. The first kappa shape index (κ1) is 19.4. The van der Waals surface area contributed by atoms with Gasteiger partial charge in [-0.05, 0) is 56.6 Å². The van der Waals surface area contributed by atoms with E-state index in [-0.39, 0.29) is 10.4 Å². The molecule has 2 aromatic heterocycles. The minimum atomic E-state index is -3.47. The Labute approximate surface area is 166 Å². The molecule has 2 saturated heterocycles. The predicted octanol–water partition coefficient (Wildman–Crippen LogP) is 1.78. The number of aromatic nitrogens is 2. The molecule has 2 aliphatic heterocycles. The van der Waals surface area contributed by atoms with Gasteiger partial charge in [0.25, 0.3) is 0 Å². The molecule has 0 aliphatic carbocycles. The van der Waals surface area contributed by atoms with E-state index < -0.39 is 10.0 Å². The van der Waals surface area contributed by atoms with E-state index in [4.69, 9.17) is 4.74 Å². The van der Waals surface area contributed by atoms with Crippen LogP contribution in [-0.2, 0) is 21.4 Å². The Bertz CT molecular complexity index is 886. The molecule has 150 valence electrons. The van der Waals surface area contributed by atoms with E-state index in [1.54, 1.807) is 28.8 Å². The fraction of sp³-hybridized carbons (Fsp3) is 0.500. The van der Waals surface area contributed by atoms with Gasteiger partial charge in [-0.25, -0.2) is 8.42 Å². The van der Waals surface area contributed by atoms with E-state index >= 15 is 0 Å². The van der Waals surface area contributed by atoms with Crippen molar-refractivity contribution in [1.82, 2.24) is 19.2 Å². The Morgan fingerprint density at radius 2 is 2.07 bits per heavy atom. The van der Waals surface area contributed by atoms with Gasteiger partial charge in [0.05, 0.1) is 18.9 Å². The van der Waals surface area contributed by atoms with Crippen molar-refractivity contribution in [1.29, 1.82) is 0 Å². The lowest BCUT2D eigenvalue weighted by atomic mass is 9.77. The molecule has 4 heterocycles. The molecular weight excluding hydrogens is 376 g/mol. The van der Waals surface area contributed by atoms with Gasteiger partial charge in [0.1, 0.15) is 4.90 Å². The van der Waals surface area contributed by atoms with Crippen LogP contribution < -0.4 is 0 Å². The fourth-order valence-corrected chi connectivity index (χ4v) is 5.73. The van der Waals surface area contributed by atoms with E-state index in [0.717, 1.165) is 25.1 Å². The first-order chi connectivity index (χ1) is 13.5. The highest BCUT2D eigenvalue weighted by atomic mass is 32.2. The summed E-state index contributed by atoms with van der Waals surface area (Å²) in [6.45, 7) is 3.20. The van der Waals surface area contributed by atoms with E-state index in [1.165, 1.54) is 6.20 Å². The molecule has 2 aromatic rings. The average Bonchev–Trinajstić information content (AvgIpc) is 2.69. The topological polar surface area (TPSA) is 75.6 Å². The third-order valence-electron chi connectivity index (χ3n) is 5.89. The molecule has 2 fully saturated rings. The van der Waals surface area contributed by atoms with Gasteiger partial charge in [-0.15, -0.1) is 0 Å². The van der Waals surface area contributed by atoms with Crippen molar-refractivity contribution < 1.29 is 13.2 Å². The van der Waals surface area contributed by atoms with Crippen molar-refractivity contribution in [2.75, 3.05) is 33.3 Å². The molecule has 8 heteroatoms. The molecule has 0 saturated carbocycles. The zero-order valence-electron chi connectivity index (χ0n) is 16.1. The fourth-order valence-electron chi connectivity index (χ4n) is 4.16. The largest absolute Gasteiger partial charge is 0.375 e. The molecule has 4 rings (SSSR count). The molecule has 0 N–H and O–H groups in total. The minimum Gasteiger partial charge on any atom is -0.375 e. The van der Waals surface area contributed by atoms with Crippen LogP contribution in [0.25, 0.3) is 0 Å². The van der Waals surface area contributed by atoms with Crippen LogP contribution in [0.4, 0.5) is 0 Å². The van der Waals surface area contributed by atoms with Gasteiger partial charge in [-0.1, -0.05) is 6.07 Å². The van der Waals surface area contributed by atoms with E-state index in [1.807, 2.05) is 18.2 Å². The van der Waals surface area contributed by atoms with Crippen LogP contribution in [-0.4, -0.2) is 66.4 Å². The van der Waals surface area contributed by atoms with Crippen LogP contribution in [0.1, 0.15) is 18.5 Å². The number of pyridine rings is 2. The van der Waals surface area contributed by atoms with E-state index in [2.05, 4.69) is 21.9 Å². The van der Waals surface area contributed by atoms with Crippen molar-refractivity contribution in [3.05, 3.63) is 54.6 Å². The summed E-state index contributed by atoms with van der Waals surface area (Å²) >= 11 is 0. The van der Waals surface area contributed by atoms with Gasteiger partial charge in [0.15, 0.2) is 0 Å². The van der Waals surface area contributed by atoms with Gasteiger partial charge in [-0.3, -0.25) is 14.9 Å². The lowest BCUT2D eigenvalue weighted by Gasteiger charge is -2.57. The van der Waals surface area contributed by atoms with E-state index in [0.29, 0.717) is 32.2 Å². The summed E-state index contributed by atoms with van der Waals surface area (Å²) in [5.41, 5.74) is 0.842. The number of hydrogen-bond donors (Lipinski definition) is 0. The standard InChI is InChI=1S/C20H26N4O3S/c1-23-10-7-17(13-27-14-18-5-2-3-9-22-18)11-20(23)15-24(16-20)28(25,26)19-6-4-8-21-12-19/h2-6,8-9,12,17H,7,10-11,13-16H2,1H3/t17-/m0/s1. The maximum Gasteiger partial charge on any atom is 0.244 e. The first-order valence-electron chi connectivity index (χ1n) is 9.59. The Kier molecular flexibility index (Phi) is 5.46. The molecule has 1 atom stereocenters. The molecule has 0 unspecified atom stereocenters. The number of sulfonamides is 1. The van der Waals surface area contributed by atoms with Gasteiger partial charge < -0.3 is 4.74 Å². The number of likely N-dealkylation sites (tertiary alicyclic amines) is 1. The van der Waals surface area contributed by atoms with Crippen molar-refractivity contribution in [3.63, 3.8) is 0 Å². The quantitative estimate of drug-likeness (QED) is 0.733. The molecule has 28 heavy (non-hydrogen) atoms. The third-order valence-corrected chi connectivity index (χ3v) is 7.67. The van der Waals surface area contributed by atoms with Crippen LogP contribution in [0.2, 0.25) is 0 Å². The number of rotatable bonds is 6. The summed E-state index contributed by atoms with van der Waals surface area (Å²) in [5.74, 6) is 0.433. The van der Waals surface area contributed by atoms with Gasteiger partial charge in [0, 0.05) is 37.2 Å². The van der Waals surface area contributed by atoms with Crippen LogP contribution in [0.5, 0.6) is 0 Å². The first-order valence-corrected chi connectivity index (χ1v) is 11.0. The average molecular weight is 403 g/mol. The predicted molar refractivity (Wildman–Crippen MR) is 105 cm³/mol. The number of hydrogen-bond acceptors (Lipinski definition) is 6. The highest BCUT2D eigenvalue weighted by Crippen LogP contribution is 2.40. The van der Waals surface area contributed by atoms with Gasteiger partial charge in [-0.2, -0.15) is 4.31 Å². The molecule has 0 amide bonds. The van der Waals surface area contributed by atoms with Gasteiger partial charge >= 0.3 is 0 Å². The van der Waals surface area contributed by atoms with Crippen LogP contribution in [0.15, 0.2) is 53.8 Å². The molecule has 0 bridgehead atoms. The molecule has 7 nitrogen and oxygen atoms in total. The Morgan fingerprint density at radius 3 is 2.79 bits per heavy atom. The highest BCUT2D eigenvalue weighted by Gasteiger charge is 2.53. The zero-order chi connectivity index (χ0) is 19.6. The number of nitrogens with zero attached hydrogens (tertiary/aromatic N) is 4. The smallest absolute Gasteiger partial charge is 0.244 e. The SMILES string of the molecule is CN1CC[C@H](COCc2ccccn2)CC12CN(S(=O)(=O)c1cccnc1)C2. The minimum absolute atomic E-state index is 0.0907. The zero-order valence-corrected chi connectivity index (χ0v) is 16.9. The maximum atomic E-state index is 12.8. The molecule has 0 aromatic carbocycles. The lowest BCUT2D eigenvalue weighted by Crippen LogP contribution is -2.72. The van der Waals surface area contributed by atoms with Crippen LogP contribution in [0.3, 0.4) is 0 Å². The maximum absolute atomic E-state index is 12.8. The Hall–Kier alpha value is -1.87. The normalized spacial score (nSPS) is 22.8. The van der Waals surface area contributed by atoms with Crippen molar-refractivity contribution in [3.8, 4) is 0 Å². The summed E-state index contributed by atoms with van der Waals surface area (Å²) in [4.78, 5) is 10.8. The summed E-state index contributed by atoms with van der Waals surface area (Å²) in [6, 6.07) is 9.08. The third kappa shape index (κ3) is 3.82. The highest BCUT2D eigenvalue weighted by molar-refractivity contribution is 7.89. The second kappa shape index (κ2) is 7.87. The number of piperidine rings is 1. The van der Waals surface area contributed by atoms with Crippen molar-refractivity contribution >= 4 is 10.0 Å². The Balaban J connectivity index is 1.34. The van der Waals surface area contributed by atoms with E-state index in [9.17, 15) is 8.42 Å². The molecular formula is C20H26N4O3S. The van der Waals surface area contributed by atoms with Crippen molar-refractivity contribution in [2.24, 2.45) is 5.92 Å².